The molecule has 0 radical (unpaired) electrons. The van der Waals surface area contributed by atoms with Gasteiger partial charge in [0.1, 0.15) is 12.6 Å². The summed E-state index contributed by atoms with van der Waals surface area (Å²) in [5.74, 6) is 1.55. The Morgan fingerprint density at radius 3 is 2.11 bits per heavy atom. The SMILES string of the molecule is COc1cc2c(cc1OC)[C@H](c1cccc(Cl)c1)[NH+](Cc1c3ccccc3cc3ccccc13)CC2. The van der Waals surface area contributed by atoms with Crippen LogP contribution in [0.25, 0.3) is 21.5 Å². The topological polar surface area (TPSA) is 22.9 Å². The van der Waals surface area contributed by atoms with Gasteiger partial charge in [0, 0.05) is 28.1 Å². The smallest absolute Gasteiger partial charge is 0.161 e. The second-order valence-electron chi connectivity index (χ2n) is 9.53. The lowest BCUT2D eigenvalue weighted by Crippen LogP contribution is -3.12. The Morgan fingerprint density at radius 1 is 0.778 bits per heavy atom. The van der Waals surface area contributed by atoms with Crippen molar-refractivity contribution in [2.45, 2.75) is 19.0 Å². The van der Waals surface area contributed by atoms with Crippen molar-refractivity contribution < 1.29 is 14.4 Å². The second kappa shape index (κ2) is 9.50. The maximum absolute atomic E-state index is 6.51. The fraction of sp³-hybridized carbons (Fsp3) is 0.188. The zero-order chi connectivity index (χ0) is 24.6. The van der Waals surface area contributed by atoms with Gasteiger partial charge in [0.15, 0.2) is 11.5 Å². The van der Waals surface area contributed by atoms with E-state index in [1.165, 1.54) is 48.7 Å². The first-order valence-corrected chi connectivity index (χ1v) is 12.8. The Bertz CT molecular complexity index is 1520. The number of benzene rings is 5. The molecule has 4 heteroatoms. The highest BCUT2D eigenvalue weighted by molar-refractivity contribution is 6.30. The first-order valence-electron chi connectivity index (χ1n) is 12.4. The van der Waals surface area contributed by atoms with Crippen LogP contribution in [0.15, 0.2) is 91.0 Å². The third-order valence-corrected chi connectivity index (χ3v) is 7.78. The highest BCUT2D eigenvalue weighted by Crippen LogP contribution is 2.37. The van der Waals surface area contributed by atoms with Crippen LogP contribution in [-0.4, -0.2) is 20.8 Å². The van der Waals surface area contributed by atoms with E-state index in [1.54, 1.807) is 14.2 Å². The fourth-order valence-corrected chi connectivity index (χ4v) is 6.10. The Balaban J connectivity index is 1.53. The number of quaternary nitrogens is 1. The number of nitrogens with one attached hydrogen (secondary N) is 1. The maximum Gasteiger partial charge on any atom is 0.161 e. The van der Waals surface area contributed by atoms with Crippen molar-refractivity contribution in [1.29, 1.82) is 0 Å². The summed E-state index contributed by atoms with van der Waals surface area (Å²) < 4.78 is 11.3. The zero-order valence-electron chi connectivity index (χ0n) is 20.6. The van der Waals surface area contributed by atoms with E-state index in [2.05, 4.69) is 84.9 Å². The summed E-state index contributed by atoms with van der Waals surface area (Å²) in [7, 11) is 3.40. The molecule has 5 aromatic carbocycles. The van der Waals surface area contributed by atoms with E-state index in [1.807, 2.05) is 6.07 Å². The first kappa shape index (κ1) is 22.9. The molecule has 0 saturated carbocycles. The number of ether oxygens (including phenoxy) is 2. The van der Waals surface area contributed by atoms with Crippen LogP contribution < -0.4 is 14.4 Å². The van der Waals surface area contributed by atoms with Gasteiger partial charge in [-0.25, -0.2) is 0 Å². The Morgan fingerprint density at radius 2 is 1.44 bits per heavy atom. The number of rotatable bonds is 5. The third kappa shape index (κ3) is 3.99. The van der Waals surface area contributed by atoms with Gasteiger partial charge >= 0.3 is 0 Å². The summed E-state index contributed by atoms with van der Waals surface area (Å²) in [4.78, 5) is 1.50. The molecule has 5 aromatic rings. The van der Waals surface area contributed by atoms with Crippen LogP contribution >= 0.6 is 11.6 Å². The molecule has 6 rings (SSSR count). The van der Waals surface area contributed by atoms with Crippen molar-refractivity contribution in [2.24, 2.45) is 0 Å². The molecule has 1 unspecified atom stereocenters. The van der Waals surface area contributed by atoms with E-state index < -0.39 is 0 Å². The predicted molar refractivity (Wildman–Crippen MR) is 148 cm³/mol. The molecule has 0 aliphatic carbocycles. The van der Waals surface area contributed by atoms with Crippen LogP contribution in [0.3, 0.4) is 0 Å². The highest BCUT2D eigenvalue weighted by Gasteiger charge is 2.34. The molecule has 1 heterocycles. The molecule has 1 aliphatic heterocycles. The summed E-state index contributed by atoms with van der Waals surface area (Å²) in [6.45, 7) is 1.92. The average Bonchev–Trinajstić information content (AvgIpc) is 2.91. The summed E-state index contributed by atoms with van der Waals surface area (Å²) in [5.41, 5.74) is 5.20. The van der Waals surface area contributed by atoms with Gasteiger partial charge in [0.2, 0.25) is 0 Å². The van der Waals surface area contributed by atoms with Crippen molar-refractivity contribution in [3.63, 3.8) is 0 Å². The molecule has 1 N–H and O–H groups in total. The Hall–Kier alpha value is -3.53. The van der Waals surface area contributed by atoms with Gasteiger partial charge in [-0.15, -0.1) is 0 Å². The number of hydrogen-bond donors (Lipinski definition) is 1. The summed E-state index contributed by atoms with van der Waals surface area (Å²) >= 11 is 6.51. The maximum atomic E-state index is 6.51. The summed E-state index contributed by atoms with van der Waals surface area (Å²) in [6.07, 6.45) is 0.977. The Kier molecular flexibility index (Phi) is 6.04. The average molecular weight is 495 g/mol. The van der Waals surface area contributed by atoms with E-state index in [0.29, 0.717) is 0 Å². The fourth-order valence-electron chi connectivity index (χ4n) is 5.90. The quantitative estimate of drug-likeness (QED) is 0.286. The van der Waals surface area contributed by atoms with Crippen molar-refractivity contribution in [3.8, 4) is 11.5 Å². The van der Waals surface area contributed by atoms with Crippen molar-refractivity contribution in [3.05, 3.63) is 118 Å². The van der Waals surface area contributed by atoms with Crippen LogP contribution in [0.5, 0.6) is 11.5 Å². The molecule has 0 spiro atoms. The molecule has 0 saturated heterocycles. The van der Waals surface area contributed by atoms with Gasteiger partial charge in [0.05, 0.1) is 20.8 Å². The van der Waals surface area contributed by atoms with Crippen molar-refractivity contribution in [1.82, 2.24) is 0 Å². The molecule has 0 fully saturated rings. The standard InChI is InChI=1S/C32H28ClNO2/c1-35-30-18-23-14-15-34(32(28(23)19-31(30)36-2)24-10-7-11-25(33)17-24)20-29-26-12-5-3-8-21(26)16-22-9-4-6-13-27(22)29/h3-13,16-19,32H,14-15,20H2,1-2H3/p+1/t32-/m0/s1. The summed E-state index contributed by atoms with van der Waals surface area (Å²) in [6, 6.07) is 32.6. The van der Waals surface area contributed by atoms with Crippen LogP contribution in [0.2, 0.25) is 5.02 Å². The molecule has 0 bridgehead atoms. The molecular formula is C32H29ClNO2+. The zero-order valence-corrected chi connectivity index (χ0v) is 21.3. The van der Waals surface area contributed by atoms with Gasteiger partial charge in [-0.05, 0) is 57.4 Å². The molecule has 36 heavy (non-hydrogen) atoms. The Labute approximate surface area is 216 Å². The minimum absolute atomic E-state index is 0.130. The summed E-state index contributed by atoms with van der Waals surface area (Å²) in [5, 5.41) is 5.98. The molecule has 0 amide bonds. The molecule has 3 nitrogen and oxygen atoms in total. The predicted octanol–water partition coefficient (Wildman–Crippen LogP) is 6.39. The number of fused-ring (bicyclic) bond motifs is 3. The van der Waals surface area contributed by atoms with Gasteiger partial charge in [-0.2, -0.15) is 0 Å². The lowest BCUT2D eigenvalue weighted by atomic mass is 9.86. The molecule has 0 aromatic heterocycles. The molecule has 2 atom stereocenters. The van der Waals surface area contributed by atoms with Crippen LogP contribution in [0.4, 0.5) is 0 Å². The van der Waals surface area contributed by atoms with E-state index >= 15 is 0 Å². The number of halogens is 1. The van der Waals surface area contributed by atoms with E-state index in [4.69, 9.17) is 21.1 Å². The lowest BCUT2D eigenvalue weighted by molar-refractivity contribution is -0.941. The minimum Gasteiger partial charge on any atom is -0.493 e. The third-order valence-electron chi connectivity index (χ3n) is 7.55. The molecule has 180 valence electrons. The second-order valence-corrected chi connectivity index (χ2v) is 9.96. The minimum atomic E-state index is 0.130. The number of hydrogen-bond acceptors (Lipinski definition) is 2. The van der Waals surface area contributed by atoms with Crippen LogP contribution in [0.1, 0.15) is 28.3 Å². The van der Waals surface area contributed by atoms with E-state index in [9.17, 15) is 0 Å². The van der Waals surface area contributed by atoms with E-state index in [-0.39, 0.29) is 6.04 Å². The van der Waals surface area contributed by atoms with E-state index in [0.717, 1.165) is 36.0 Å². The van der Waals surface area contributed by atoms with Gasteiger partial charge in [0.25, 0.3) is 0 Å². The van der Waals surface area contributed by atoms with Crippen molar-refractivity contribution >= 4 is 33.1 Å². The largest absolute Gasteiger partial charge is 0.493 e. The van der Waals surface area contributed by atoms with Gasteiger partial charge in [-0.3, -0.25) is 0 Å². The first-order chi connectivity index (χ1) is 17.7. The van der Waals surface area contributed by atoms with Crippen LogP contribution in [0, 0.1) is 0 Å². The monoisotopic (exact) mass is 494 g/mol. The van der Waals surface area contributed by atoms with Gasteiger partial charge in [-0.1, -0.05) is 72.3 Å². The molecule has 1 aliphatic rings. The van der Waals surface area contributed by atoms with Crippen LogP contribution in [-0.2, 0) is 13.0 Å². The lowest BCUT2D eigenvalue weighted by Gasteiger charge is -2.35. The van der Waals surface area contributed by atoms with Crippen molar-refractivity contribution in [2.75, 3.05) is 20.8 Å². The normalized spacial score (nSPS) is 17.2. The van der Waals surface area contributed by atoms with Gasteiger partial charge < -0.3 is 14.4 Å². The highest BCUT2D eigenvalue weighted by atomic mass is 35.5. The molecular weight excluding hydrogens is 466 g/mol. The number of methoxy groups -OCH3 is 2.